The summed E-state index contributed by atoms with van der Waals surface area (Å²) in [5.74, 6) is 5.98. The van der Waals surface area contributed by atoms with Crippen LogP contribution in [0.1, 0.15) is 0 Å². The summed E-state index contributed by atoms with van der Waals surface area (Å²) < 4.78 is 3.30. The predicted molar refractivity (Wildman–Crippen MR) is 62.2 cm³/mol. The van der Waals surface area contributed by atoms with Crippen LogP contribution in [-0.2, 0) is 0 Å². The second kappa shape index (κ2) is 4.39. The Morgan fingerprint density at radius 2 is 1.42 bits per heavy atom. The molecule has 0 atom stereocenters. The van der Waals surface area contributed by atoms with E-state index >= 15 is 0 Å². The van der Waals surface area contributed by atoms with E-state index in [4.69, 9.17) is 0 Å². The standard InChI is InChI=1S/C7H9Si.3CH3.Sn/c1-5-6-7-8(2,3)4;;;;/h2-4H3;3*1H3;. The van der Waals surface area contributed by atoms with Gasteiger partial charge in [0.05, 0.1) is 0 Å². The zero-order valence-corrected chi connectivity index (χ0v) is 12.9. The Bertz CT molecular complexity index is 227. The summed E-state index contributed by atoms with van der Waals surface area (Å²) in [6.07, 6.45) is 0. The molecule has 0 aliphatic heterocycles. The Hall–Kier alpha value is 0.136. The molecule has 0 amide bonds. The summed E-state index contributed by atoms with van der Waals surface area (Å²) in [5.41, 5.74) is 3.24. The summed E-state index contributed by atoms with van der Waals surface area (Å²) in [7, 11) is -1.19. The van der Waals surface area contributed by atoms with Crippen LogP contribution in [0.3, 0.4) is 0 Å². The molecule has 0 saturated carbocycles. The van der Waals surface area contributed by atoms with Crippen molar-refractivity contribution in [1.29, 1.82) is 0 Å². The van der Waals surface area contributed by atoms with E-state index in [1.807, 2.05) is 0 Å². The third kappa shape index (κ3) is 10.1. The molecule has 0 nitrogen and oxygen atoms in total. The van der Waals surface area contributed by atoms with Crippen molar-refractivity contribution in [2.45, 2.75) is 34.5 Å². The first-order chi connectivity index (χ1) is 5.21. The van der Waals surface area contributed by atoms with Crippen LogP contribution < -0.4 is 0 Å². The van der Waals surface area contributed by atoms with Crippen LogP contribution in [-0.4, -0.2) is 26.5 Å². The number of hydrogen-bond donors (Lipinski definition) is 0. The van der Waals surface area contributed by atoms with E-state index in [1.165, 1.54) is 0 Å². The predicted octanol–water partition coefficient (Wildman–Crippen LogP) is 2.75. The molecule has 0 aliphatic rings. The van der Waals surface area contributed by atoms with Crippen molar-refractivity contribution < 1.29 is 0 Å². The Morgan fingerprint density at radius 3 is 1.75 bits per heavy atom. The van der Waals surface area contributed by atoms with Crippen molar-refractivity contribution in [3.63, 3.8) is 0 Å². The molecule has 0 aromatic rings. The average Bonchev–Trinajstić information content (AvgIpc) is 1.76. The van der Waals surface area contributed by atoms with Gasteiger partial charge in [-0.1, -0.05) is 0 Å². The van der Waals surface area contributed by atoms with Crippen LogP contribution >= 0.6 is 0 Å². The second-order valence-corrected chi connectivity index (χ2v) is 23.3. The molecule has 0 radical (unpaired) electrons. The van der Waals surface area contributed by atoms with Gasteiger partial charge >= 0.3 is 82.2 Å². The molecule has 0 spiro atoms. The van der Waals surface area contributed by atoms with E-state index in [9.17, 15) is 0 Å². The van der Waals surface area contributed by atoms with Crippen LogP contribution in [0.2, 0.25) is 34.5 Å². The fourth-order valence-corrected chi connectivity index (χ4v) is 2.12. The number of hydrogen-bond acceptors (Lipinski definition) is 0. The van der Waals surface area contributed by atoms with Gasteiger partial charge in [0, 0.05) is 0 Å². The Labute approximate surface area is 82.0 Å². The van der Waals surface area contributed by atoms with Gasteiger partial charge in [-0.3, -0.25) is 0 Å². The molecule has 0 aromatic heterocycles. The summed E-state index contributed by atoms with van der Waals surface area (Å²) in [6.45, 7) is 6.71. The first kappa shape index (κ1) is 12.1. The van der Waals surface area contributed by atoms with Gasteiger partial charge < -0.3 is 0 Å². The van der Waals surface area contributed by atoms with Crippen molar-refractivity contribution in [1.82, 2.24) is 0 Å². The van der Waals surface area contributed by atoms with Gasteiger partial charge in [-0.2, -0.15) is 0 Å². The zero-order chi connectivity index (χ0) is 9.83. The molecule has 2 heteroatoms. The first-order valence-corrected chi connectivity index (χ1v) is 17.7. The second-order valence-electron chi connectivity index (χ2n) is 5.00. The Kier molecular flexibility index (Phi) is 4.44. The van der Waals surface area contributed by atoms with Gasteiger partial charge in [0.25, 0.3) is 0 Å². The van der Waals surface area contributed by atoms with Gasteiger partial charge in [-0.05, 0) is 0 Å². The third-order valence-corrected chi connectivity index (χ3v) is 4.31. The summed E-state index contributed by atoms with van der Waals surface area (Å²) >= 11 is -1.86. The maximum absolute atomic E-state index is 3.30. The fraction of sp³-hybridized carbons (Fsp3) is 0.600. The first-order valence-electron chi connectivity index (χ1n) is 4.25. The monoisotopic (exact) mass is 286 g/mol. The van der Waals surface area contributed by atoms with E-state index in [2.05, 4.69) is 55.8 Å². The topological polar surface area (TPSA) is 0 Å². The van der Waals surface area contributed by atoms with Crippen molar-refractivity contribution in [2.24, 2.45) is 0 Å². The van der Waals surface area contributed by atoms with E-state index in [0.717, 1.165) is 0 Å². The molecule has 12 heavy (non-hydrogen) atoms. The van der Waals surface area contributed by atoms with Gasteiger partial charge in [0.1, 0.15) is 0 Å². The molecule has 0 N–H and O–H groups in total. The van der Waals surface area contributed by atoms with Gasteiger partial charge in [0.15, 0.2) is 0 Å². The summed E-state index contributed by atoms with van der Waals surface area (Å²) in [4.78, 5) is 6.91. The molecule has 0 bridgehead atoms. The van der Waals surface area contributed by atoms with Gasteiger partial charge in [-0.15, -0.1) is 0 Å². The van der Waals surface area contributed by atoms with Gasteiger partial charge in [-0.25, -0.2) is 0 Å². The Morgan fingerprint density at radius 1 is 0.917 bits per heavy atom. The molecular weight excluding hydrogens is 267 g/mol. The molecule has 0 heterocycles. The average molecular weight is 285 g/mol. The van der Waals surface area contributed by atoms with Crippen LogP contribution in [0.25, 0.3) is 0 Å². The Balaban J connectivity index is 4.27. The summed E-state index contributed by atoms with van der Waals surface area (Å²) in [6, 6.07) is 0. The molecule has 0 unspecified atom stereocenters. The van der Waals surface area contributed by atoms with Crippen LogP contribution in [0, 0.1) is 21.3 Å². The molecule has 0 aromatic carbocycles. The quantitative estimate of drug-likeness (QED) is 0.474. The van der Waals surface area contributed by atoms with Crippen molar-refractivity contribution in [3.05, 3.63) is 0 Å². The molecule has 0 aliphatic carbocycles. The van der Waals surface area contributed by atoms with Crippen molar-refractivity contribution >= 4 is 26.5 Å². The summed E-state index contributed by atoms with van der Waals surface area (Å²) in [5, 5.41) is 0. The number of rotatable bonds is 0. The van der Waals surface area contributed by atoms with E-state index in [-0.39, 0.29) is 0 Å². The van der Waals surface area contributed by atoms with Crippen molar-refractivity contribution in [3.8, 4) is 21.3 Å². The zero-order valence-electron chi connectivity index (χ0n) is 9.00. The van der Waals surface area contributed by atoms with Crippen molar-refractivity contribution in [2.75, 3.05) is 0 Å². The molecular formula is C10H18SiSn. The minimum absolute atomic E-state index is 1.19. The minimum atomic E-state index is -1.86. The van der Waals surface area contributed by atoms with Crippen LogP contribution in [0.15, 0.2) is 0 Å². The van der Waals surface area contributed by atoms with Crippen LogP contribution in [0.4, 0.5) is 0 Å². The van der Waals surface area contributed by atoms with E-state index < -0.39 is 26.5 Å². The van der Waals surface area contributed by atoms with Crippen LogP contribution in [0.5, 0.6) is 0 Å². The molecule has 66 valence electrons. The maximum atomic E-state index is 3.30. The molecule has 0 saturated heterocycles. The third-order valence-electron chi connectivity index (χ3n) is 0.938. The normalized spacial score (nSPS) is 10.8. The fourth-order valence-electron chi connectivity index (χ4n) is 0.438. The molecule has 0 rings (SSSR count). The van der Waals surface area contributed by atoms with Gasteiger partial charge in [0.2, 0.25) is 0 Å². The molecule has 0 fully saturated rings. The van der Waals surface area contributed by atoms with E-state index in [0.29, 0.717) is 0 Å². The SMILES string of the molecule is C[Si](C)(C)C#CC#[C][Sn]([CH3])([CH3])[CH3]. The van der Waals surface area contributed by atoms with E-state index in [1.54, 1.807) is 0 Å².